The maximum Gasteiger partial charge on any atom is 0.199 e. The van der Waals surface area contributed by atoms with E-state index >= 15 is 0 Å². The van der Waals surface area contributed by atoms with Crippen molar-refractivity contribution in [3.63, 3.8) is 0 Å². The normalized spacial score (nSPS) is 10.1. The Morgan fingerprint density at radius 1 is 1.29 bits per heavy atom. The van der Waals surface area contributed by atoms with Gasteiger partial charge in [-0.3, -0.25) is 4.98 Å². The minimum absolute atomic E-state index is 0.418. The van der Waals surface area contributed by atoms with Gasteiger partial charge in [-0.25, -0.2) is 0 Å². The minimum atomic E-state index is 0.418. The van der Waals surface area contributed by atoms with Crippen LogP contribution in [0.5, 0.6) is 0 Å². The molecule has 0 aromatic carbocycles. The lowest BCUT2D eigenvalue weighted by molar-refractivity contribution is -0.604. The van der Waals surface area contributed by atoms with Gasteiger partial charge in [-0.05, 0) is 12.1 Å². The molecule has 70 valence electrons. The molecule has 0 saturated carbocycles. The van der Waals surface area contributed by atoms with Crippen molar-refractivity contribution in [3.8, 4) is 11.1 Å². The molecule has 0 unspecified atom stereocenters. The number of rotatable bonds is 1. The molecule has 0 aliphatic carbocycles. The number of hydrogen-bond donors (Lipinski definition) is 0. The minimum Gasteiger partial charge on any atom is -0.619 e. The number of nitrogens with zero attached hydrogens (tertiary/aromatic N) is 2. The highest BCUT2D eigenvalue weighted by molar-refractivity contribution is 6.30. The first-order chi connectivity index (χ1) is 6.75. The third kappa shape index (κ3) is 1.83. The summed E-state index contributed by atoms with van der Waals surface area (Å²) in [6, 6.07) is 5.41. The van der Waals surface area contributed by atoms with E-state index < -0.39 is 0 Å². The van der Waals surface area contributed by atoms with E-state index in [0.29, 0.717) is 9.75 Å². The molecule has 0 amide bonds. The van der Waals surface area contributed by atoms with Gasteiger partial charge < -0.3 is 5.21 Å². The van der Waals surface area contributed by atoms with Gasteiger partial charge in [0.1, 0.15) is 5.02 Å². The topological polar surface area (TPSA) is 39.8 Å². The molecule has 0 saturated heterocycles. The molecular weight excluding hydrogens is 200 g/mol. The molecule has 0 bridgehead atoms. The molecule has 2 aromatic heterocycles. The summed E-state index contributed by atoms with van der Waals surface area (Å²) in [6.07, 6.45) is 6.13. The van der Waals surface area contributed by atoms with Crippen molar-refractivity contribution in [2.24, 2.45) is 0 Å². The van der Waals surface area contributed by atoms with Crippen molar-refractivity contribution in [1.82, 2.24) is 4.98 Å². The Bertz CT molecular complexity index is 425. The predicted octanol–water partition coefficient (Wildman–Crippen LogP) is 2.04. The zero-order chi connectivity index (χ0) is 9.97. The summed E-state index contributed by atoms with van der Waals surface area (Å²) in [5.41, 5.74) is 1.64. The average molecular weight is 207 g/mol. The SMILES string of the molecule is [O-][n+]1cc(Cl)cc(-c2cccnc2)c1. The fourth-order valence-corrected chi connectivity index (χ4v) is 1.42. The lowest BCUT2D eigenvalue weighted by atomic mass is 10.1. The summed E-state index contributed by atoms with van der Waals surface area (Å²) in [4.78, 5) is 3.97. The Hall–Kier alpha value is -1.61. The molecule has 4 heteroatoms. The van der Waals surface area contributed by atoms with Crippen LogP contribution >= 0.6 is 11.6 Å². The van der Waals surface area contributed by atoms with Crippen molar-refractivity contribution in [2.75, 3.05) is 0 Å². The number of halogens is 1. The molecule has 0 fully saturated rings. The van der Waals surface area contributed by atoms with Crippen molar-refractivity contribution in [3.05, 3.63) is 53.2 Å². The Kier molecular flexibility index (Phi) is 2.33. The molecule has 0 atom stereocenters. The van der Waals surface area contributed by atoms with Crippen LogP contribution in [0.3, 0.4) is 0 Å². The van der Waals surface area contributed by atoms with Gasteiger partial charge >= 0.3 is 0 Å². The summed E-state index contributed by atoms with van der Waals surface area (Å²) in [7, 11) is 0. The van der Waals surface area contributed by atoms with Gasteiger partial charge in [0.05, 0.1) is 5.56 Å². The van der Waals surface area contributed by atoms with Crippen molar-refractivity contribution in [2.45, 2.75) is 0 Å². The maximum atomic E-state index is 11.1. The van der Waals surface area contributed by atoms with Gasteiger partial charge in [-0.1, -0.05) is 17.7 Å². The van der Waals surface area contributed by atoms with E-state index in [0.717, 1.165) is 11.1 Å². The maximum absolute atomic E-state index is 11.1. The highest BCUT2D eigenvalue weighted by Crippen LogP contribution is 2.19. The van der Waals surface area contributed by atoms with Gasteiger partial charge in [-0.2, -0.15) is 4.73 Å². The van der Waals surface area contributed by atoms with Gasteiger partial charge in [0, 0.05) is 18.0 Å². The van der Waals surface area contributed by atoms with E-state index in [1.54, 1.807) is 18.5 Å². The van der Waals surface area contributed by atoms with Crippen LogP contribution in [0.15, 0.2) is 43.0 Å². The number of aromatic nitrogens is 2. The predicted molar refractivity (Wildman–Crippen MR) is 53.6 cm³/mol. The Morgan fingerprint density at radius 2 is 2.14 bits per heavy atom. The second-order valence-electron chi connectivity index (χ2n) is 2.84. The summed E-state index contributed by atoms with van der Waals surface area (Å²) in [5.74, 6) is 0. The van der Waals surface area contributed by atoms with Crippen LogP contribution < -0.4 is 4.73 Å². The molecule has 0 aliphatic rings. The zero-order valence-corrected chi connectivity index (χ0v) is 7.98. The van der Waals surface area contributed by atoms with Crippen molar-refractivity contribution < 1.29 is 4.73 Å². The van der Waals surface area contributed by atoms with Gasteiger partial charge in [0.25, 0.3) is 0 Å². The van der Waals surface area contributed by atoms with Gasteiger partial charge in [0.15, 0.2) is 12.4 Å². The van der Waals surface area contributed by atoms with E-state index in [4.69, 9.17) is 11.6 Å². The molecule has 0 aliphatic heterocycles. The van der Waals surface area contributed by atoms with Crippen LogP contribution in [0.2, 0.25) is 5.02 Å². The van der Waals surface area contributed by atoms with Gasteiger partial charge in [0.2, 0.25) is 0 Å². The van der Waals surface area contributed by atoms with E-state index in [9.17, 15) is 5.21 Å². The summed E-state index contributed by atoms with van der Waals surface area (Å²) in [6.45, 7) is 0. The first-order valence-electron chi connectivity index (χ1n) is 4.05. The molecule has 14 heavy (non-hydrogen) atoms. The molecule has 2 heterocycles. The van der Waals surface area contributed by atoms with Crippen LogP contribution in [0.25, 0.3) is 11.1 Å². The van der Waals surface area contributed by atoms with Crippen LogP contribution in [0.1, 0.15) is 0 Å². The first-order valence-corrected chi connectivity index (χ1v) is 4.43. The molecule has 2 aromatic rings. The monoisotopic (exact) mass is 206 g/mol. The van der Waals surface area contributed by atoms with E-state index in [1.165, 1.54) is 12.4 Å². The zero-order valence-electron chi connectivity index (χ0n) is 7.22. The van der Waals surface area contributed by atoms with Gasteiger partial charge in [-0.15, -0.1) is 0 Å². The lowest BCUT2D eigenvalue weighted by Gasteiger charge is -2.01. The number of hydrogen-bond acceptors (Lipinski definition) is 2. The van der Waals surface area contributed by atoms with E-state index in [1.807, 2.05) is 12.1 Å². The Morgan fingerprint density at radius 3 is 2.79 bits per heavy atom. The van der Waals surface area contributed by atoms with Crippen molar-refractivity contribution >= 4 is 11.6 Å². The van der Waals surface area contributed by atoms with Crippen molar-refractivity contribution in [1.29, 1.82) is 0 Å². The molecule has 3 nitrogen and oxygen atoms in total. The summed E-state index contributed by atoms with van der Waals surface area (Å²) >= 11 is 5.76. The first kappa shape index (κ1) is 8.97. The molecule has 0 N–H and O–H groups in total. The molecular formula is C10H7ClN2O. The van der Waals surface area contributed by atoms with Crippen LogP contribution in [-0.4, -0.2) is 4.98 Å². The second-order valence-corrected chi connectivity index (χ2v) is 3.28. The fourth-order valence-electron chi connectivity index (χ4n) is 1.21. The number of pyridine rings is 2. The van der Waals surface area contributed by atoms with Crippen LogP contribution in [0.4, 0.5) is 0 Å². The molecule has 0 spiro atoms. The van der Waals surface area contributed by atoms with E-state index in [2.05, 4.69) is 4.98 Å². The quantitative estimate of drug-likeness (QED) is 0.529. The Labute approximate surface area is 86.2 Å². The van der Waals surface area contributed by atoms with E-state index in [-0.39, 0.29) is 0 Å². The summed E-state index contributed by atoms with van der Waals surface area (Å²) in [5, 5.41) is 11.5. The average Bonchev–Trinajstić information content (AvgIpc) is 2.18. The highest BCUT2D eigenvalue weighted by Gasteiger charge is 2.03. The Balaban J connectivity index is 2.52. The largest absolute Gasteiger partial charge is 0.619 e. The highest BCUT2D eigenvalue weighted by atomic mass is 35.5. The standard InChI is InChI=1S/C10H7ClN2O/c11-10-4-9(6-13(14)7-10)8-2-1-3-12-5-8/h1-7H. The van der Waals surface area contributed by atoms with Crippen LogP contribution in [0, 0.1) is 5.21 Å². The van der Waals surface area contributed by atoms with Crippen LogP contribution in [-0.2, 0) is 0 Å². The second kappa shape index (κ2) is 3.64. The molecule has 0 radical (unpaired) electrons. The fraction of sp³-hybridized carbons (Fsp3) is 0. The third-order valence-electron chi connectivity index (χ3n) is 1.81. The summed E-state index contributed by atoms with van der Waals surface area (Å²) < 4.78 is 0.685. The smallest absolute Gasteiger partial charge is 0.199 e. The molecule has 2 rings (SSSR count). The lowest BCUT2D eigenvalue weighted by Crippen LogP contribution is -2.24. The third-order valence-corrected chi connectivity index (χ3v) is 2.01.